The number of methoxy groups -OCH3 is 1. The molecule has 0 saturated carbocycles. The van der Waals surface area contributed by atoms with Crippen molar-refractivity contribution in [2.45, 2.75) is 66.2 Å². The molecule has 2 rings (SSSR count). The molecule has 0 bridgehead atoms. The van der Waals surface area contributed by atoms with E-state index in [1.165, 1.54) is 33.4 Å². The highest BCUT2D eigenvalue weighted by atomic mass is 79.9. The Morgan fingerprint density at radius 3 is 1.72 bits per heavy atom. The van der Waals surface area contributed by atoms with E-state index in [2.05, 4.69) is 88.7 Å². The van der Waals surface area contributed by atoms with Crippen LogP contribution in [0.1, 0.15) is 81.5 Å². The minimum absolute atomic E-state index is 0.454. The van der Waals surface area contributed by atoms with Gasteiger partial charge in [-0.2, -0.15) is 0 Å². The third kappa shape index (κ3) is 4.11. The molecule has 0 saturated heterocycles. The fourth-order valence-corrected chi connectivity index (χ4v) is 4.13. The summed E-state index contributed by atoms with van der Waals surface area (Å²) in [7, 11) is 1.76. The summed E-state index contributed by atoms with van der Waals surface area (Å²) in [4.78, 5) is 0. The minimum Gasteiger partial charge on any atom is -0.495 e. The van der Waals surface area contributed by atoms with Crippen LogP contribution in [0.25, 0.3) is 11.1 Å². The average Bonchev–Trinajstić information content (AvgIpc) is 2.52. The third-order valence-corrected chi connectivity index (χ3v) is 5.38. The lowest BCUT2D eigenvalue weighted by Crippen LogP contribution is -2.05. The Morgan fingerprint density at radius 1 is 0.800 bits per heavy atom. The molecular weight excluding hydrogens is 372 g/mol. The smallest absolute Gasteiger partial charge is 0.140 e. The second-order valence-electron chi connectivity index (χ2n) is 7.87. The summed E-state index contributed by atoms with van der Waals surface area (Å²) in [6.45, 7) is 15.8. The van der Waals surface area contributed by atoms with Gasteiger partial charge >= 0.3 is 0 Å². The van der Waals surface area contributed by atoms with Gasteiger partial charge in [0.05, 0.1) is 11.6 Å². The van der Waals surface area contributed by atoms with Crippen LogP contribution in [0.3, 0.4) is 0 Å². The molecule has 25 heavy (non-hydrogen) atoms. The standard InChI is InChI=1S/C23H31BrO/c1-13(2)17-11-18(14(3)4)22(19(12-17)15(5)6)20-9-16(7)10-21(24)23(20)25-8/h9-15H,1-8H3. The first-order valence-corrected chi connectivity index (χ1v) is 9.98. The Kier molecular flexibility index (Phi) is 6.37. The van der Waals surface area contributed by atoms with Gasteiger partial charge in [0, 0.05) is 5.56 Å². The number of rotatable bonds is 5. The van der Waals surface area contributed by atoms with E-state index in [1.807, 2.05) is 0 Å². The van der Waals surface area contributed by atoms with Crippen LogP contribution in [0, 0.1) is 6.92 Å². The molecule has 0 unspecified atom stereocenters. The molecule has 0 amide bonds. The molecule has 2 aromatic carbocycles. The van der Waals surface area contributed by atoms with Crippen molar-refractivity contribution in [2.75, 3.05) is 7.11 Å². The van der Waals surface area contributed by atoms with Gasteiger partial charge in [0.2, 0.25) is 0 Å². The summed E-state index contributed by atoms with van der Waals surface area (Å²) in [6.07, 6.45) is 0. The van der Waals surface area contributed by atoms with Crippen molar-refractivity contribution >= 4 is 15.9 Å². The van der Waals surface area contributed by atoms with Crippen molar-refractivity contribution in [1.29, 1.82) is 0 Å². The van der Waals surface area contributed by atoms with Crippen LogP contribution in [-0.2, 0) is 0 Å². The van der Waals surface area contributed by atoms with E-state index >= 15 is 0 Å². The lowest BCUT2D eigenvalue weighted by molar-refractivity contribution is 0.413. The summed E-state index contributed by atoms with van der Waals surface area (Å²) in [5, 5.41) is 0. The van der Waals surface area contributed by atoms with Crippen molar-refractivity contribution in [1.82, 2.24) is 0 Å². The summed E-state index contributed by atoms with van der Waals surface area (Å²) in [6, 6.07) is 9.17. The first kappa shape index (κ1) is 20.0. The molecule has 0 fully saturated rings. The zero-order valence-corrected chi connectivity index (χ0v) is 18.4. The quantitative estimate of drug-likeness (QED) is 0.495. The normalized spacial score (nSPS) is 11.7. The largest absolute Gasteiger partial charge is 0.495 e. The highest BCUT2D eigenvalue weighted by molar-refractivity contribution is 9.10. The van der Waals surface area contributed by atoms with Gasteiger partial charge in [0.25, 0.3) is 0 Å². The van der Waals surface area contributed by atoms with Crippen LogP contribution in [-0.4, -0.2) is 7.11 Å². The molecule has 0 N–H and O–H groups in total. The van der Waals surface area contributed by atoms with Crippen molar-refractivity contribution in [3.8, 4) is 16.9 Å². The molecule has 2 aromatic rings. The van der Waals surface area contributed by atoms with E-state index in [0.29, 0.717) is 17.8 Å². The number of hydrogen-bond donors (Lipinski definition) is 0. The molecule has 0 spiro atoms. The van der Waals surface area contributed by atoms with Crippen LogP contribution in [0.4, 0.5) is 0 Å². The molecule has 0 radical (unpaired) electrons. The SMILES string of the molecule is COc1c(Br)cc(C)cc1-c1c(C(C)C)cc(C(C)C)cc1C(C)C. The molecule has 0 aliphatic heterocycles. The van der Waals surface area contributed by atoms with E-state index in [4.69, 9.17) is 4.74 Å². The molecule has 2 heteroatoms. The topological polar surface area (TPSA) is 9.23 Å². The van der Waals surface area contributed by atoms with Crippen LogP contribution >= 0.6 is 15.9 Å². The number of halogens is 1. The number of aryl methyl sites for hydroxylation is 1. The van der Waals surface area contributed by atoms with Crippen molar-refractivity contribution < 1.29 is 4.74 Å². The molecule has 0 aliphatic rings. The molecule has 1 nitrogen and oxygen atoms in total. The van der Waals surface area contributed by atoms with Crippen LogP contribution in [0.5, 0.6) is 5.75 Å². The van der Waals surface area contributed by atoms with E-state index in [9.17, 15) is 0 Å². The minimum atomic E-state index is 0.454. The maximum absolute atomic E-state index is 5.79. The molecule has 0 heterocycles. The van der Waals surface area contributed by atoms with E-state index < -0.39 is 0 Å². The van der Waals surface area contributed by atoms with Gasteiger partial charge in [0.1, 0.15) is 5.75 Å². The van der Waals surface area contributed by atoms with Crippen molar-refractivity contribution in [3.63, 3.8) is 0 Å². The van der Waals surface area contributed by atoms with E-state index in [1.54, 1.807) is 7.11 Å². The van der Waals surface area contributed by atoms with Gasteiger partial charge < -0.3 is 4.74 Å². The Hall–Kier alpha value is -1.28. The zero-order chi connectivity index (χ0) is 18.9. The van der Waals surface area contributed by atoms with Gasteiger partial charge in [0.15, 0.2) is 0 Å². The summed E-state index contributed by atoms with van der Waals surface area (Å²) in [5.74, 6) is 2.35. The second kappa shape index (κ2) is 7.95. The summed E-state index contributed by atoms with van der Waals surface area (Å²) < 4.78 is 6.80. The predicted molar refractivity (Wildman–Crippen MR) is 113 cm³/mol. The molecular formula is C23H31BrO. The van der Waals surface area contributed by atoms with E-state index in [-0.39, 0.29) is 0 Å². The Morgan fingerprint density at radius 2 is 1.32 bits per heavy atom. The highest BCUT2D eigenvalue weighted by Crippen LogP contribution is 2.45. The van der Waals surface area contributed by atoms with Crippen LogP contribution in [0.15, 0.2) is 28.7 Å². The van der Waals surface area contributed by atoms with Gasteiger partial charge in [-0.1, -0.05) is 53.7 Å². The average molecular weight is 403 g/mol. The van der Waals surface area contributed by atoms with Gasteiger partial charge in [-0.05, 0) is 80.6 Å². The maximum Gasteiger partial charge on any atom is 0.140 e. The van der Waals surface area contributed by atoms with Crippen LogP contribution < -0.4 is 4.74 Å². The predicted octanol–water partition coefficient (Wildman–Crippen LogP) is 7.80. The Balaban J connectivity index is 2.94. The van der Waals surface area contributed by atoms with Gasteiger partial charge in [-0.3, -0.25) is 0 Å². The zero-order valence-electron chi connectivity index (χ0n) is 16.8. The summed E-state index contributed by atoms with van der Waals surface area (Å²) >= 11 is 3.69. The third-order valence-electron chi connectivity index (χ3n) is 4.79. The Labute approximate surface area is 161 Å². The maximum atomic E-state index is 5.79. The van der Waals surface area contributed by atoms with Gasteiger partial charge in [-0.25, -0.2) is 0 Å². The lowest BCUT2D eigenvalue weighted by Gasteiger charge is -2.25. The number of ether oxygens (including phenoxy) is 1. The number of hydrogen-bond acceptors (Lipinski definition) is 1. The first-order valence-electron chi connectivity index (χ1n) is 9.19. The monoisotopic (exact) mass is 402 g/mol. The highest BCUT2D eigenvalue weighted by Gasteiger charge is 2.22. The fraction of sp³-hybridized carbons (Fsp3) is 0.478. The molecule has 136 valence electrons. The summed E-state index contributed by atoms with van der Waals surface area (Å²) in [5.41, 5.74) is 8.01. The second-order valence-corrected chi connectivity index (χ2v) is 8.72. The first-order chi connectivity index (χ1) is 11.7. The molecule has 0 aliphatic carbocycles. The number of benzene rings is 2. The van der Waals surface area contributed by atoms with Crippen molar-refractivity contribution in [2.24, 2.45) is 0 Å². The van der Waals surface area contributed by atoms with E-state index in [0.717, 1.165) is 10.2 Å². The fourth-order valence-electron chi connectivity index (χ4n) is 3.39. The molecule has 0 atom stereocenters. The van der Waals surface area contributed by atoms with Gasteiger partial charge in [-0.15, -0.1) is 0 Å². The molecule has 0 aromatic heterocycles. The Bertz CT molecular complexity index is 728. The van der Waals surface area contributed by atoms with Crippen LogP contribution in [0.2, 0.25) is 0 Å². The van der Waals surface area contributed by atoms with Crippen molar-refractivity contribution in [3.05, 3.63) is 51.0 Å². The lowest BCUT2D eigenvalue weighted by atomic mass is 9.81.